The van der Waals surface area contributed by atoms with E-state index in [1.807, 2.05) is 30.3 Å². The van der Waals surface area contributed by atoms with Gasteiger partial charge in [0, 0.05) is 41.2 Å². The van der Waals surface area contributed by atoms with E-state index in [0.29, 0.717) is 17.1 Å². The molecule has 0 aliphatic heterocycles. The Morgan fingerprint density at radius 1 is 1.00 bits per heavy atom. The summed E-state index contributed by atoms with van der Waals surface area (Å²) >= 11 is 0. The number of anilines is 1. The highest BCUT2D eigenvalue weighted by Gasteiger charge is 2.39. The first-order chi connectivity index (χ1) is 13.6. The van der Waals surface area contributed by atoms with Crippen molar-refractivity contribution in [1.29, 1.82) is 0 Å². The minimum absolute atomic E-state index is 0.0800. The summed E-state index contributed by atoms with van der Waals surface area (Å²) in [6.07, 6.45) is 3.09. The smallest absolute Gasteiger partial charge is 0.404 e. The lowest BCUT2D eigenvalue weighted by molar-refractivity contribution is 0.102. The molecule has 1 aliphatic rings. The minimum atomic E-state index is -1.02. The molecule has 7 heteroatoms. The lowest BCUT2D eigenvalue weighted by Crippen LogP contribution is -2.24. The molecule has 0 bridgehead atoms. The van der Waals surface area contributed by atoms with E-state index in [2.05, 4.69) is 20.6 Å². The van der Waals surface area contributed by atoms with Gasteiger partial charge in [0.05, 0.1) is 0 Å². The lowest BCUT2D eigenvalue weighted by atomic mass is 10.1. The maximum Gasteiger partial charge on any atom is 0.404 e. The van der Waals surface area contributed by atoms with Crippen molar-refractivity contribution in [1.82, 2.24) is 15.3 Å². The maximum absolute atomic E-state index is 12.6. The van der Waals surface area contributed by atoms with E-state index in [1.165, 1.54) is 0 Å². The van der Waals surface area contributed by atoms with E-state index in [1.54, 1.807) is 36.7 Å². The number of carbonyl (C=O) groups is 2. The number of nitrogens with zero attached hydrogens (tertiary/aromatic N) is 2. The summed E-state index contributed by atoms with van der Waals surface area (Å²) in [6, 6.07) is 16.3. The topological polar surface area (TPSA) is 104 Å². The summed E-state index contributed by atoms with van der Waals surface area (Å²) in [7, 11) is 0. The van der Waals surface area contributed by atoms with Crippen LogP contribution in [0.15, 0.2) is 67.0 Å². The number of rotatable bonds is 5. The van der Waals surface area contributed by atoms with Gasteiger partial charge in [-0.15, -0.1) is 0 Å². The molecule has 2 amide bonds. The summed E-state index contributed by atoms with van der Waals surface area (Å²) in [5.41, 5.74) is 3.04. The SMILES string of the molecule is O=C(O)N[C@@H]1C[C@H]1c1cccc(C(=O)Nc2ccc(-c3ncccn3)cc2)c1. The number of aromatic nitrogens is 2. The molecule has 1 heterocycles. The third-order valence-corrected chi connectivity index (χ3v) is 4.64. The van der Waals surface area contributed by atoms with E-state index in [9.17, 15) is 9.59 Å². The summed E-state index contributed by atoms with van der Waals surface area (Å²) in [4.78, 5) is 31.7. The minimum Gasteiger partial charge on any atom is -0.465 e. The number of benzene rings is 2. The second-order valence-corrected chi connectivity index (χ2v) is 6.63. The van der Waals surface area contributed by atoms with Crippen LogP contribution in [0.25, 0.3) is 11.4 Å². The molecule has 1 saturated carbocycles. The fourth-order valence-corrected chi connectivity index (χ4v) is 3.15. The van der Waals surface area contributed by atoms with Crippen LogP contribution in [-0.2, 0) is 0 Å². The van der Waals surface area contributed by atoms with Crippen LogP contribution in [0.1, 0.15) is 28.3 Å². The van der Waals surface area contributed by atoms with Crippen molar-refractivity contribution in [2.24, 2.45) is 0 Å². The maximum atomic E-state index is 12.6. The van der Waals surface area contributed by atoms with Gasteiger partial charge >= 0.3 is 6.09 Å². The molecule has 2 atom stereocenters. The van der Waals surface area contributed by atoms with Gasteiger partial charge in [0.25, 0.3) is 5.91 Å². The van der Waals surface area contributed by atoms with Crippen molar-refractivity contribution >= 4 is 17.7 Å². The largest absolute Gasteiger partial charge is 0.465 e. The first-order valence-electron chi connectivity index (χ1n) is 8.88. The van der Waals surface area contributed by atoms with Crippen LogP contribution in [0.4, 0.5) is 10.5 Å². The van der Waals surface area contributed by atoms with E-state index >= 15 is 0 Å². The van der Waals surface area contributed by atoms with Gasteiger partial charge in [-0.25, -0.2) is 14.8 Å². The lowest BCUT2D eigenvalue weighted by Gasteiger charge is -2.08. The Kier molecular flexibility index (Phi) is 4.72. The predicted octanol–water partition coefficient (Wildman–Crippen LogP) is 3.52. The molecule has 1 aromatic heterocycles. The Labute approximate surface area is 161 Å². The Bertz CT molecular complexity index is 1010. The molecule has 140 valence electrons. The molecule has 0 unspecified atom stereocenters. The summed E-state index contributed by atoms with van der Waals surface area (Å²) < 4.78 is 0. The number of amides is 2. The van der Waals surface area contributed by atoms with Crippen molar-refractivity contribution < 1.29 is 14.7 Å². The van der Waals surface area contributed by atoms with Crippen molar-refractivity contribution in [3.63, 3.8) is 0 Å². The zero-order chi connectivity index (χ0) is 19.5. The van der Waals surface area contributed by atoms with Crippen molar-refractivity contribution in [2.45, 2.75) is 18.4 Å². The van der Waals surface area contributed by atoms with Crippen molar-refractivity contribution in [2.75, 3.05) is 5.32 Å². The van der Waals surface area contributed by atoms with Gasteiger partial charge in [0.2, 0.25) is 0 Å². The Balaban J connectivity index is 1.43. The first kappa shape index (κ1) is 17.7. The Morgan fingerprint density at radius 2 is 1.75 bits per heavy atom. The summed E-state index contributed by atoms with van der Waals surface area (Å²) in [5, 5.41) is 14.2. The molecule has 1 fully saturated rings. The molecule has 1 aliphatic carbocycles. The van der Waals surface area contributed by atoms with Crippen LogP contribution in [-0.4, -0.2) is 33.1 Å². The van der Waals surface area contributed by atoms with Crippen molar-refractivity contribution in [3.8, 4) is 11.4 Å². The fourth-order valence-electron chi connectivity index (χ4n) is 3.15. The Morgan fingerprint density at radius 3 is 2.46 bits per heavy atom. The third kappa shape index (κ3) is 3.98. The quantitative estimate of drug-likeness (QED) is 0.634. The molecular weight excluding hydrogens is 356 g/mol. The number of nitrogens with one attached hydrogen (secondary N) is 2. The van der Waals surface area contributed by atoms with Crippen LogP contribution in [0.2, 0.25) is 0 Å². The van der Waals surface area contributed by atoms with Crippen LogP contribution in [0.3, 0.4) is 0 Å². The second-order valence-electron chi connectivity index (χ2n) is 6.63. The molecule has 3 aromatic rings. The van der Waals surface area contributed by atoms with E-state index in [4.69, 9.17) is 5.11 Å². The number of hydrogen-bond acceptors (Lipinski definition) is 4. The first-order valence-corrected chi connectivity index (χ1v) is 8.88. The molecule has 28 heavy (non-hydrogen) atoms. The zero-order valence-corrected chi connectivity index (χ0v) is 14.9. The third-order valence-electron chi connectivity index (χ3n) is 4.64. The average molecular weight is 374 g/mol. The van der Waals surface area contributed by atoms with Crippen molar-refractivity contribution in [3.05, 3.63) is 78.1 Å². The summed E-state index contributed by atoms with van der Waals surface area (Å²) in [6.45, 7) is 0. The van der Waals surface area contributed by atoms with Gasteiger partial charge in [-0.1, -0.05) is 12.1 Å². The normalized spacial score (nSPS) is 17.6. The fraction of sp³-hybridized carbons (Fsp3) is 0.143. The molecule has 0 saturated heterocycles. The van der Waals surface area contributed by atoms with E-state index in [0.717, 1.165) is 17.5 Å². The van der Waals surface area contributed by atoms with Crippen LogP contribution in [0, 0.1) is 0 Å². The Hall–Kier alpha value is -3.74. The van der Waals surface area contributed by atoms with Crippen LogP contribution < -0.4 is 10.6 Å². The molecule has 7 nitrogen and oxygen atoms in total. The highest BCUT2D eigenvalue weighted by molar-refractivity contribution is 6.04. The molecular formula is C21H18N4O3. The van der Waals surface area contributed by atoms with Gasteiger partial charge in [0.15, 0.2) is 5.82 Å². The van der Waals surface area contributed by atoms with Gasteiger partial charge in [-0.3, -0.25) is 4.79 Å². The molecule has 3 N–H and O–H groups in total. The number of hydrogen-bond donors (Lipinski definition) is 3. The van der Waals surface area contributed by atoms with Gasteiger partial charge in [0.1, 0.15) is 0 Å². The standard InChI is InChI=1S/C21H18N4O3/c26-20(15-4-1-3-14(11-15)17-12-18(17)25-21(27)28)24-16-7-5-13(6-8-16)19-22-9-2-10-23-19/h1-11,17-18,25H,12H2,(H,24,26)(H,27,28)/t17-,18+/m0/s1. The molecule has 4 rings (SSSR count). The summed E-state index contributed by atoms with van der Waals surface area (Å²) in [5.74, 6) is 0.532. The van der Waals surface area contributed by atoms with E-state index < -0.39 is 6.09 Å². The number of carboxylic acid groups (broad SMARTS) is 1. The van der Waals surface area contributed by atoms with Gasteiger partial charge < -0.3 is 15.7 Å². The average Bonchev–Trinajstić information content (AvgIpc) is 3.48. The zero-order valence-electron chi connectivity index (χ0n) is 14.9. The second kappa shape index (κ2) is 7.48. The molecule has 0 spiro atoms. The number of carbonyl (C=O) groups excluding carboxylic acids is 1. The highest BCUT2D eigenvalue weighted by Crippen LogP contribution is 2.41. The monoisotopic (exact) mass is 374 g/mol. The van der Waals surface area contributed by atoms with Gasteiger partial charge in [-0.05, 0) is 54.4 Å². The van der Waals surface area contributed by atoms with E-state index in [-0.39, 0.29) is 17.9 Å². The van der Waals surface area contributed by atoms with Crippen LogP contribution >= 0.6 is 0 Å². The predicted molar refractivity (Wildman–Crippen MR) is 104 cm³/mol. The van der Waals surface area contributed by atoms with Crippen LogP contribution in [0.5, 0.6) is 0 Å². The highest BCUT2D eigenvalue weighted by atomic mass is 16.4. The molecule has 2 aromatic carbocycles. The van der Waals surface area contributed by atoms with Gasteiger partial charge in [-0.2, -0.15) is 0 Å². The molecule has 0 radical (unpaired) electrons.